The molecule has 1 N–H and O–H groups in total. The summed E-state index contributed by atoms with van der Waals surface area (Å²) in [5.41, 5.74) is 1.56. The number of carboxylic acids is 1. The molecular weight excluding hydrogens is 239 g/mol. The van der Waals surface area contributed by atoms with Gasteiger partial charge in [0.25, 0.3) is 0 Å². The molecule has 0 aliphatic carbocycles. The van der Waals surface area contributed by atoms with Crippen LogP contribution in [0.1, 0.15) is 10.6 Å². The summed E-state index contributed by atoms with van der Waals surface area (Å²) in [5, 5.41) is 12.4. The zero-order valence-corrected chi connectivity index (χ0v) is 9.85. The second-order valence-corrected chi connectivity index (χ2v) is 3.94. The first-order valence-electron chi connectivity index (χ1n) is 5.16. The minimum absolute atomic E-state index is 0.251. The molecule has 0 aliphatic rings. The first kappa shape index (κ1) is 12.1. The van der Waals surface area contributed by atoms with Crippen LogP contribution in [0.25, 0.3) is 11.3 Å². The fourth-order valence-electron chi connectivity index (χ4n) is 1.59. The second kappa shape index (κ2) is 4.48. The molecule has 1 aromatic carbocycles. The summed E-state index contributed by atoms with van der Waals surface area (Å²) in [5.74, 6) is -1.81. The zero-order chi connectivity index (χ0) is 13.3. The van der Waals surface area contributed by atoms with Crippen molar-refractivity contribution in [3.8, 4) is 11.3 Å². The second-order valence-electron chi connectivity index (χ2n) is 3.94. The van der Waals surface area contributed by atoms with E-state index in [0.29, 0.717) is 16.9 Å². The van der Waals surface area contributed by atoms with E-state index >= 15 is 0 Å². The number of anilines is 1. The molecule has 0 amide bonds. The van der Waals surface area contributed by atoms with Crippen LogP contribution in [0.3, 0.4) is 0 Å². The van der Waals surface area contributed by atoms with Crippen LogP contribution >= 0.6 is 0 Å². The molecule has 5 nitrogen and oxygen atoms in total. The van der Waals surface area contributed by atoms with E-state index in [1.807, 2.05) is 0 Å². The van der Waals surface area contributed by atoms with Crippen LogP contribution in [0.4, 0.5) is 10.1 Å². The molecule has 0 atom stereocenters. The molecule has 2 aromatic rings. The number of aromatic carboxylic acids is 1. The lowest BCUT2D eigenvalue weighted by molar-refractivity contribution is 0.0652. The SMILES string of the molecule is CN(C)c1cc(F)ccc1-c1cc(C(=O)O)on1. The normalized spacial score (nSPS) is 10.4. The van der Waals surface area contributed by atoms with E-state index in [9.17, 15) is 9.18 Å². The highest BCUT2D eigenvalue weighted by Gasteiger charge is 2.16. The van der Waals surface area contributed by atoms with Crippen LogP contribution in [0, 0.1) is 5.82 Å². The Morgan fingerprint density at radius 3 is 2.67 bits per heavy atom. The topological polar surface area (TPSA) is 66.6 Å². The van der Waals surface area contributed by atoms with Crippen LogP contribution < -0.4 is 4.90 Å². The molecule has 6 heteroatoms. The van der Waals surface area contributed by atoms with Gasteiger partial charge in [-0.25, -0.2) is 9.18 Å². The number of carboxylic acid groups (broad SMARTS) is 1. The Balaban J connectivity index is 2.52. The predicted molar refractivity (Wildman–Crippen MR) is 63.2 cm³/mol. The Kier molecular flexibility index (Phi) is 3.01. The maximum Gasteiger partial charge on any atom is 0.374 e. The van der Waals surface area contributed by atoms with Gasteiger partial charge in [-0.1, -0.05) is 5.16 Å². The van der Waals surface area contributed by atoms with Gasteiger partial charge in [0.15, 0.2) is 0 Å². The molecule has 0 aliphatic heterocycles. The van der Waals surface area contributed by atoms with Gasteiger partial charge in [-0.15, -0.1) is 0 Å². The molecule has 0 bridgehead atoms. The summed E-state index contributed by atoms with van der Waals surface area (Å²) < 4.78 is 17.9. The van der Waals surface area contributed by atoms with Gasteiger partial charge in [0.05, 0.1) is 0 Å². The molecule has 0 saturated carbocycles. The number of aromatic nitrogens is 1. The lowest BCUT2D eigenvalue weighted by Crippen LogP contribution is -2.10. The Bertz CT molecular complexity index is 593. The van der Waals surface area contributed by atoms with Crippen molar-refractivity contribution in [1.29, 1.82) is 0 Å². The number of hydrogen-bond acceptors (Lipinski definition) is 4. The number of hydrogen-bond donors (Lipinski definition) is 1. The number of halogens is 1. The third-order valence-electron chi connectivity index (χ3n) is 2.44. The van der Waals surface area contributed by atoms with Gasteiger partial charge < -0.3 is 14.5 Å². The van der Waals surface area contributed by atoms with Crippen molar-refractivity contribution in [2.45, 2.75) is 0 Å². The first-order valence-corrected chi connectivity index (χ1v) is 5.16. The molecule has 18 heavy (non-hydrogen) atoms. The third kappa shape index (κ3) is 2.17. The van der Waals surface area contributed by atoms with Crippen molar-refractivity contribution in [1.82, 2.24) is 5.16 Å². The molecule has 0 radical (unpaired) electrons. The van der Waals surface area contributed by atoms with Crippen LogP contribution in [0.15, 0.2) is 28.8 Å². The Labute approximate surface area is 102 Å². The predicted octanol–water partition coefficient (Wildman–Crippen LogP) is 2.24. The van der Waals surface area contributed by atoms with Crippen molar-refractivity contribution in [2.75, 3.05) is 19.0 Å². The zero-order valence-electron chi connectivity index (χ0n) is 9.85. The van der Waals surface area contributed by atoms with E-state index in [2.05, 4.69) is 9.68 Å². The molecular formula is C12H11FN2O3. The van der Waals surface area contributed by atoms with Gasteiger partial charge in [-0.3, -0.25) is 0 Å². The number of carbonyl (C=O) groups is 1. The summed E-state index contributed by atoms with van der Waals surface area (Å²) in [6, 6.07) is 5.48. The summed E-state index contributed by atoms with van der Waals surface area (Å²) >= 11 is 0. The van der Waals surface area contributed by atoms with Crippen molar-refractivity contribution in [3.05, 3.63) is 35.8 Å². The molecule has 0 unspecified atom stereocenters. The highest BCUT2D eigenvalue weighted by atomic mass is 19.1. The fraction of sp³-hybridized carbons (Fsp3) is 0.167. The minimum atomic E-state index is -1.19. The smallest absolute Gasteiger partial charge is 0.374 e. The van der Waals surface area contributed by atoms with Crippen LogP contribution in [0.5, 0.6) is 0 Å². The van der Waals surface area contributed by atoms with Gasteiger partial charge >= 0.3 is 5.97 Å². The fourth-order valence-corrected chi connectivity index (χ4v) is 1.59. The average molecular weight is 250 g/mol. The van der Waals surface area contributed by atoms with Crippen LogP contribution in [0.2, 0.25) is 0 Å². The van der Waals surface area contributed by atoms with Crippen molar-refractivity contribution in [2.24, 2.45) is 0 Å². The minimum Gasteiger partial charge on any atom is -0.475 e. The molecule has 0 saturated heterocycles. The van der Waals surface area contributed by atoms with E-state index < -0.39 is 5.97 Å². The highest BCUT2D eigenvalue weighted by Crippen LogP contribution is 2.30. The maximum atomic E-state index is 13.2. The molecule has 0 fully saturated rings. The molecule has 1 heterocycles. The largest absolute Gasteiger partial charge is 0.475 e. The van der Waals surface area contributed by atoms with E-state index in [4.69, 9.17) is 5.11 Å². The molecule has 94 valence electrons. The monoisotopic (exact) mass is 250 g/mol. The van der Waals surface area contributed by atoms with Gasteiger partial charge in [0, 0.05) is 31.4 Å². The van der Waals surface area contributed by atoms with E-state index in [1.54, 1.807) is 19.0 Å². The number of rotatable bonds is 3. The standard InChI is InChI=1S/C12H11FN2O3/c1-15(2)10-5-7(13)3-4-8(10)9-6-11(12(16)17)18-14-9/h3-6H,1-2H3,(H,16,17). The summed E-state index contributed by atoms with van der Waals surface area (Å²) in [7, 11) is 3.52. The van der Waals surface area contributed by atoms with Crippen molar-refractivity contribution >= 4 is 11.7 Å². The lowest BCUT2D eigenvalue weighted by atomic mass is 10.1. The number of nitrogens with zero attached hydrogens (tertiary/aromatic N) is 2. The van der Waals surface area contributed by atoms with Crippen LogP contribution in [-0.4, -0.2) is 30.3 Å². The summed E-state index contributed by atoms with van der Waals surface area (Å²) in [6.07, 6.45) is 0. The third-order valence-corrected chi connectivity index (χ3v) is 2.44. The Morgan fingerprint density at radius 1 is 1.39 bits per heavy atom. The van der Waals surface area contributed by atoms with Gasteiger partial charge in [0.2, 0.25) is 5.76 Å². The summed E-state index contributed by atoms with van der Waals surface area (Å²) in [4.78, 5) is 12.4. The van der Waals surface area contributed by atoms with E-state index in [-0.39, 0.29) is 11.6 Å². The van der Waals surface area contributed by atoms with E-state index in [1.165, 1.54) is 24.3 Å². The highest BCUT2D eigenvalue weighted by molar-refractivity contribution is 5.87. The maximum absolute atomic E-state index is 13.2. The van der Waals surface area contributed by atoms with Crippen molar-refractivity contribution < 1.29 is 18.8 Å². The Hall–Kier alpha value is -2.37. The molecule has 0 spiro atoms. The first-order chi connectivity index (χ1) is 8.49. The Morgan fingerprint density at radius 2 is 2.11 bits per heavy atom. The quantitative estimate of drug-likeness (QED) is 0.904. The van der Waals surface area contributed by atoms with Gasteiger partial charge in [0.1, 0.15) is 11.5 Å². The van der Waals surface area contributed by atoms with E-state index in [0.717, 1.165) is 0 Å². The average Bonchev–Trinajstić information content (AvgIpc) is 2.78. The summed E-state index contributed by atoms with van der Waals surface area (Å²) in [6.45, 7) is 0. The number of benzene rings is 1. The lowest BCUT2D eigenvalue weighted by Gasteiger charge is -2.15. The van der Waals surface area contributed by atoms with Gasteiger partial charge in [-0.05, 0) is 18.2 Å². The van der Waals surface area contributed by atoms with Gasteiger partial charge in [-0.2, -0.15) is 0 Å². The van der Waals surface area contributed by atoms with Crippen LogP contribution in [-0.2, 0) is 0 Å². The molecule has 2 rings (SSSR count). The van der Waals surface area contributed by atoms with Crippen molar-refractivity contribution in [3.63, 3.8) is 0 Å². The molecule has 1 aromatic heterocycles.